The zero-order chi connectivity index (χ0) is 14.1. The summed E-state index contributed by atoms with van der Waals surface area (Å²) in [6.45, 7) is 2.37. The summed E-state index contributed by atoms with van der Waals surface area (Å²) in [5.41, 5.74) is 0.408. The van der Waals surface area contributed by atoms with Crippen LogP contribution in [0.25, 0.3) is 0 Å². The highest BCUT2D eigenvalue weighted by atomic mass is 16.5. The van der Waals surface area contributed by atoms with Crippen LogP contribution in [0.15, 0.2) is 30.3 Å². The number of benzene rings is 1. The molecule has 0 aliphatic carbocycles. The van der Waals surface area contributed by atoms with E-state index in [4.69, 9.17) is 9.84 Å². The van der Waals surface area contributed by atoms with Crippen molar-refractivity contribution < 1.29 is 19.4 Å². The van der Waals surface area contributed by atoms with Crippen LogP contribution in [0.2, 0.25) is 0 Å². The zero-order valence-electron chi connectivity index (χ0n) is 11.0. The van der Waals surface area contributed by atoms with Gasteiger partial charge in [0.25, 0.3) is 5.91 Å². The maximum Gasteiger partial charge on any atom is 0.354 e. The Morgan fingerprint density at radius 2 is 1.95 bits per heavy atom. The van der Waals surface area contributed by atoms with E-state index < -0.39 is 18.1 Å². The van der Waals surface area contributed by atoms with Crippen molar-refractivity contribution in [3.8, 4) is 0 Å². The predicted molar refractivity (Wildman–Crippen MR) is 70.8 cm³/mol. The van der Waals surface area contributed by atoms with E-state index >= 15 is 0 Å². The average Bonchev–Trinajstić information content (AvgIpc) is 2.42. The highest BCUT2D eigenvalue weighted by Crippen LogP contribution is 2.01. The third kappa shape index (κ3) is 5.52. The van der Waals surface area contributed by atoms with Crippen LogP contribution in [-0.2, 0) is 9.53 Å². The molecule has 0 fully saturated rings. The molecule has 0 aromatic heterocycles. The van der Waals surface area contributed by atoms with Gasteiger partial charge in [0.2, 0.25) is 6.23 Å². The van der Waals surface area contributed by atoms with Crippen molar-refractivity contribution in [3.05, 3.63) is 35.9 Å². The Hall–Kier alpha value is -1.88. The van der Waals surface area contributed by atoms with Crippen molar-refractivity contribution in [2.24, 2.45) is 0 Å². The number of carboxylic acids is 1. The van der Waals surface area contributed by atoms with Crippen LogP contribution in [0.3, 0.4) is 0 Å². The van der Waals surface area contributed by atoms with Crippen molar-refractivity contribution in [1.29, 1.82) is 0 Å². The van der Waals surface area contributed by atoms with Gasteiger partial charge in [-0.25, -0.2) is 4.79 Å². The van der Waals surface area contributed by atoms with Crippen molar-refractivity contribution in [2.75, 3.05) is 6.61 Å². The molecular formula is C14H19NO4. The Morgan fingerprint density at radius 1 is 1.26 bits per heavy atom. The van der Waals surface area contributed by atoms with E-state index in [1.807, 2.05) is 6.92 Å². The van der Waals surface area contributed by atoms with Crippen molar-refractivity contribution in [1.82, 2.24) is 5.32 Å². The molecule has 104 valence electrons. The van der Waals surface area contributed by atoms with Crippen LogP contribution in [0.5, 0.6) is 0 Å². The van der Waals surface area contributed by atoms with Gasteiger partial charge in [-0.05, 0) is 18.6 Å². The van der Waals surface area contributed by atoms with E-state index in [1.165, 1.54) is 0 Å². The summed E-state index contributed by atoms with van der Waals surface area (Å²) in [6.07, 6.45) is 1.47. The molecule has 5 nitrogen and oxygen atoms in total. The molecule has 1 atom stereocenters. The SMILES string of the molecule is CCCCCOC(NC(=O)c1ccccc1)C(=O)O. The van der Waals surface area contributed by atoms with Gasteiger partial charge in [-0.15, -0.1) is 0 Å². The lowest BCUT2D eigenvalue weighted by molar-refractivity contribution is -0.152. The van der Waals surface area contributed by atoms with Gasteiger partial charge in [-0.3, -0.25) is 4.79 Å². The molecule has 0 aliphatic heterocycles. The molecule has 0 bridgehead atoms. The first kappa shape index (κ1) is 15.2. The molecule has 1 aromatic rings. The smallest absolute Gasteiger partial charge is 0.354 e. The molecule has 5 heteroatoms. The lowest BCUT2D eigenvalue weighted by atomic mass is 10.2. The number of hydrogen-bond acceptors (Lipinski definition) is 3. The largest absolute Gasteiger partial charge is 0.478 e. The minimum atomic E-state index is -1.30. The summed E-state index contributed by atoms with van der Waals surface area (Å²) in [5.74, 6) is -1.65. The predicted octanol–water partition coefficient (Wildman–Crippen LogP) is 2.03. The molecular weight excluding hydrogens is 246 g/mol. The Balaban J connectivity index is 2.49. The molecule has 1 rings (SSSR count). The quantitative estimate of drug-likeness (QED) is 0.557. The van der Waals surface area contributed by atoms with Crippen LogP contribution >= 0.6 is 0 Å². The van der Waals surface area contributed by atoms with Crippen LogP contribution < -0.4 is 5.32 Å². The fourth-order valence-corrected chi connectivity index (χ4v) is 1.52. The second kappa shape index (κ2) is 8.26. The van der Waals surface area contributed by atoms with Crippen LogP contribution in [-0.4, -0.2) is 29.8 Å². The fraction of sp³-hybridized carbons (Fsp3) is 0.429. The van der Waals surface area contributed by atoms with Gasteiger partial charge in [-0.1, -0.05) is 38.0 Å². The first-order valence-electron chi connectivity index (χ1n) is 6.35. The second-order valence-corrected chi connectivity index (χ2v) is 4.14. The fourth-order valence-electron chi connectivity index (χ4n) is 1.52. The van der Waals surface area contributed by atoms with E-state index in [1.54, 1.807) is 30.3 Å². The van der Waals surface area contributed by atoms with Crippen LogP contribution in [0.1, 0.15) is 36.5 Å². The molecule has 2 N–H and O–H groups in total. The lowest BCUT2D eigenvalue weighted by Crippen LogP contribution is -2.43. The molecule has 0 saturated carbocycles. The van der Waals surface area contributed by atoms with E-state index in [9.17, 15) is 9.59 Å². The molecule has 0 heterocycles. The molecule has 19 heavy (non-hydrogen) atoms. The topological polar surface area (TPSA) is 75.6 Å². The number of rotatable bonds is 8. The maximum absolute atomic E-state index is 11.8. The number of amides is 1. The van der Waals surface area contributed by atoms with Gasteiger partial charge in [-0.2, -0.15) is 0 Å². The van der Waals surface area contributed by atoms with Gasteiger partial charge in [0.1, 0.15) is 0 Å². The van der Waals surface area contributed by atoms with Crippen molar-refractivity contribution >= 4 is 11.9 Å². The summed E-state index contributed by atoms with van der Waals surface area (Å²) in [7, 11) is 0. The van der Waals surface area contributed by atoms with E-state index in [0.717, 1.165) is 19.3 Å². The zero-order valence-corrected chi connectivity index (χ0v) is 11.0. The minimum absolute atomic E-state index is 0.319. The number of nitrogens with one attached hydrogen (secondary N) is 1. The summed E-state index contributed by atoms with van der Waals surface area (Å²) in [5, 5.41) is 11.3. The third-order valence-electron chi connectivity index (χ3n) is 2.55. The highest BCUT2D eigenvalue weighted by molar-refractivity contribution is 5.96. The molecule has 1 aromatic carbocycles. The van der Waals surface area contributed by atoms with Crippen molar-refractivity contribution in [3.63, 3.8) is 0 Å². The third-order valence-corrected chi connectivity index (χ3v) is 2.55. The molecule has 1 amide bonds. The normalized spacial score (nSPS) is 11.8. The van der Waals surface area contributed by atoms with Crippen molar-refractivity contribution in [2.45, 2.75) is 32.4 Å². The van der Waals surface area contributed by atoms with Gasteiger partial charge in [0.05, 0.1) is 0 Å². The van der Waals surface area contributed by atoms with E-state index in [-0.39, 0.29) is 0 Å². The van der Waals surface area contributed by atoms with E-state index in [2.05, 4.69) is 5.32 Å². The molecule has 0 spiro atoms. The first-order chi connectivity index (χ1) is 9.15. The molecule has 0 radical (unpaired) electrons. The van der Waals surface area contributed by atoms with Gasteiger partial charge in [0, 0.05) is 12.2 Å². The molecule has 1 unspecified atom stereocenters. The summed E-state index contributed by atoms with van der Waals surface area (Å²) < 4.78 is 5.17. The number of ether oxygens (including phenoxy) is 1. The summed E-state index contributed by atoms with van der Waals surface area (Å²) in [4.78, 5) is 22.8. The second-order valence-electron chi connectivity index (χ2n) is 4.14. The van der Waals surface area contributed by atoms with Crippen LogP contribution in [0.4, 0.5) is 0 Å². The first-order valence-corrected chi connectivity index (χ1v) is 6.35. The van der Waals surface area contributed by atoms with Gasteiger partial charge in [0.15, 0.2) is 0 Å². The number of unbranched alkanes of at least 4 members (excludes halogenated alkanes) is 2. The Kier molecular flexibility index (Phi) is 6.60. The number of carboxylic acid groups (broad SMARTS) is 1. The van der Waals surface area contributed by atoms with Gasteiger partial charge < -0.3 is 15.2 Å². The molecule has 0 aliphatic rings. The number of aliphatic carboxylic acids is 1. The number of hydrogen-bond donors (Lipinski definition) is 2. The van der Waals surface area contributed by atoms with E-state index in [0.29, 0.717) is 12.2 Å². The maximum atomic E-state index is 11.8. The summed E-state index contributed by atoms with van der Waals surface area (Å²) >= 11 is 0. The standard InChI is InChI=1S/C14H19NO4/c1-2-3-7-10-19-13(14(17)18)15-12(16)11-8-5-4-6-9-11/h4-6,8-9,13H,2-3,7,10H2,1H3,(H,15,16)(H,17,18). The number of carbonyl (C=O) groups is 2. The monoisotopic (exact) mass is 265 g/mol. The highest BCUT2D eigenvalue weighted by Gasteiger charge is 2.20. The Bertz CT molecular complexity index is 405. The van der Waals surface area contributed by atoms with Crippen LogP contribution in [0, 0.1) is 0 Å². The Morgan fingerprint density at radius 3 is 2.53 bits per heavy atom. The van der Waals surface area contributed by atoms with Gasteiger partial charge >= 0.3 is 5.97 Å². The average molecular weight is 265 g/mol. The molecule has 0 saturated heterocycles. The number of carbonyl (C=O) groups excluding carboxylic acids is 1. The minimum Gasteiger partial charge on any atom is -0.478 e. The summed E-state index contributed by atoms with van der Waals surface area (Å²) in [6, 6.07) is 8.45. The lowest BCUT2D eigenvalue weighted by Gasteiger charge is -2.15. The Labute approximate surface area is 112 Å².